The highest BCUT2D eigenvalue weighted by molar-refractivity contribution is 5.76. The molecule has 0 aromatic rings. The van der Waals surface area contributed by atoms with Crippen LogP contribution in [0.15, 0.2) is 36.5 Å². The summed E-state index contributed by atoms with van der Waals surface area (Å²) in [7, 11) is 0. The summed E-state index contributed by atoms with van der Waals surface area (Å²) in [5, 5.41) is 86.7. The monoisotopic (exact) mass is 928 g/mol. The molecule has 0 aromatic heterocycles. The van der Waals surface area contributed by atoms with E-state index in [2.05, 4.69) is 43.5 Å². The van der Waals surface area contributed by atoms with Gasteiger partial charge < -0.3 is 65.1 Å². The normalized spacial score (nSPS) is 27.3. The maximum absolute atomic E-state index is 13.2. The number of amides is 1. The molecule has 0 saturated carbocycles. The summed E-state index contributed by atoms with van der Waals surface area (Å²) in [5.41, 5.74) is 0. The topological polar surface area (TPSA) is 228 Å². The number of carbonyl (C=O) groups excluding carboxylic acids is 1. The molecule has 0 aromatic carbocycles. The number of hydrogen-bond donors (Lipinski definition) is 9. The number of nitrogens with one attached hydrogen (secondary N) is 1. The van der Waals surface area contributed by atoms with Crippen LogP contribution in [0.2, 0.25) is 0 Å². The molecule has 9 N–H and O–H groups in total. The van der Waals surface area contributed by atoms with Crippen LogP contribution in [-0.4, -0.2) is 140 Å². The zero-order valence-corrected chi connectivity index (χ0v) is 40.2. The SMILES string of the molecule is CCCCCC/C=C/CC/C=C/CC/C=C/C(O)C(COC1OC(CO)C(OC2OC(CO)C(O)C(O)C2O)C(O)C1O)NC(=O)CCCCCCCCCCCCCCCCCCC. The lowest BCUT2D eigenvalue weighted by Gasteiger charge is -2.46. The van der Waals surface area contributed by atoms with Crippen LogP contribution in [-0.2, 0) is 23.7 Å². The second-order valence-electron chi connectivity index (χ2n) is 18.3. The van der Waals surface area contributed by atoms with E-state index in [1.54, 1.807) is 6.08 Å². The molecule has 2 heterocycles. The fraction of sp³-hybridized carbons (Fsp3) is 0.863. The average Bonchev–Trinajstić information content (AvgIpc) is 3.30. The Morgan fingerprint density at radius 1 is 0.538 bits per heavy atom. The molecule has 1 amide bonds. The molecule has 14 nitrogen and oxygen atoms in total. The molecular weight excluding hydrogens is 835 g/mol. The smallest absolute Gasteiger partial charge is 0.220 e. The molecule has 0 aliphatic carbocycles. The lowest BCUT2D eigenvalue weighted by Crippen LogP contribution is -2.65. The summed E-state index contributed by atoms with van der Waals surface area (Å²) < 4.78 is 22.7. The molecule has 0 bridgehead atoms. The van der Waals surface area contributed by atoms with Crippen molar-refractivity contribution in [1.29, 1.82) is 0 Å². The summed E-state index contributed by atoms with van der Waals surface area (Å²) >= 11 is 0. The third-order valence-corrected chi connectivity index (χ3v) is 12.6. The molecule has 2 saturated heterocycles. The number of unbranched alkanes of at least 4 members (excludes halogenated alkanes) is 22. The van der Waals surface area contributed by atoms with Crippen LogP contribution in [0.5, 0.6) is 0 Å². The third-order valence-electron chi connectivity index (χ3n) is 12.6. The van der Waals surface area contributed by atoms with Gasteiger partial charge in [-0.25, -0.2) is 0 Å². The minimum atomic E-state index is -1.79. The fourth-order valence-electron chi connectivity index (χ4n) is 8.32. The van der Waals surface area contributed by atoms with Gasteiger partial charge >= 0.3 is 0 Å². The Kier molecular flexibility index (Phi) is 34.8. The second kappa shape index (κ2) is 38.1. The molecule has 14 heteroatoms. The van der Waals surface area contributed by atoms with Crippen LogP contribution in [0.25, 0.3) is 0 Å². The van der Waals surface area contributed by atoms with Crippen molar-refractivity contribution in [2.75, 3.05) is 19.8 Å². The highest BCUT2D eigenvalue weighted by atomic mass is 16.7. The molecule has 380 valence electrons. The van der Waals surface area contributed by atoms with Crippen molar-refractivity contribution in [3.63, 3.8) is 0 Å². The van der Waals surface area contributed by atoms with Crippen molar-refractivity contribution in [2.24, 2.45) is 0 Å². The van der Waals surface area contributed by atoms with Crippen LogP contribution in [0.4, 0.5) is 0 Å². The van der Waals surface area contributed by atoms with E-state index in [0.717, 1.165) is 44.9 Å². The number of ether oxygens (including phenoxy) is 4. The van der Waals surface area contributed by atoms with Crippen LogP contribution < -0.4 is 5.32 Å². The quantitative estimate of drug-likeness (QED) is 0.0231. The van der Waals surface area contributed by atoms with Crippen molar-refractivity contribution in [1.82, 2.24) is 5.32 Å². The minimum absolute atomic E-state index is 0.253. The van der Waals surface area contributed by atoms with Gasteiger partial charge in [0, 0.05) is 6.42 Å². The zero-order valence-electron chi connectivity index (χ0n) is 40.2. The first-order valence-electron chi connectivity index (χ1n) is 25.7. The van der Waals surface area contributed by atoms with Gasteiger partial charge in [-0.3, -0.25) is 4.79 Å². The average molecular weight is 928 g/mol. The molecule has 2 aliphatic heterocycles. The Morgan fingerprint density at radius 2 is 0.985 bits per heavy atom. The van der Waals surface area contributed by atoms with Gasteiger partial charge in [-0.05, 0) is 44.9 Å². The third kappa shape index (κ3) is 25.4. The Morgan fingerprint density at radius 3 is 1.51 bits per heavy atom. The summed E-state index contributed by atoms with van der Waals surface area (Å²) in [6.45, 7) is 2.74. The van der Waals surface area contributed by atoms with Gasteiger partial charge in [0.1, 0.15) is 48.8 Å². The predicted octanol–water partition coefficient (Wildman–Crippen LogP) is 6.71. The molecule has 65 heavy (non-hydrogen) atoms. The van der Waals surface area contributed by atoms with Crippen LogP contribution in [0.1, 0.15) is 187 Å². The molecule has 12 atom stereocenters. The largest absolute Gasteiger partial charge is 0.394 e. The highest BCUT2D eigenvalue weighted by Crippen LogP contribution is 2.30. The first kappa shape index (κ1) is 59.3. The lowest BCUT2D eigenvalue weighted by atomic mass is 9.97. The van der Waals surface area contributed by atoms with Crippen molar-refractivity contribution in [2.45, 2.75) is 261 Å². The number of allylic oxidation sites excluding steroid dienone is 5. The molecule has 0 radical (unpaired) electrons. The van der Waals surface area contributed by atoms with Crippen molar-refractivity contribution < 1.29 is 64.6 Å². The molecular formula is C51H93NO13. The van der Waals surface area contributed by atoms with E-state index in [9.17, 15) is 45.6 Å². The van der Waals surface area contributed by atoms with E-state index in [1.807, 2.05) is 6.08 Å². The number of aliphatic hydroxyl groups is 8. The van der Waals surface area contributed by atoms with E-state index in [0.29, 0.717) is 12.8 Å². The van der Waals surface area contributed by atoms with Gasteiger partial charge in [-0.2, -0.15) is 0 Å². The number of aliphatic hydroxyl groups excluding tert-OH is 8. The molecule has 0 spiro atoms. The van der Waals surface area contributed by atoms with Gasteiger partial charge in [0.2, 0.25) is 5.91 Å². The van der Waals surface area contributed by atoms with Crippen molar-refractivity contribution in [3.05, 3.63) is 36.5 Å². The van der Waals surface area contributed by atoms with Gasteiger partial charge in [0.15, 0.2) is 12.6 Å². The van der Waals surface area contributed by atoms with Crippen LogP contribution >= 0.6 is 0 Å². The Hall–Kier alpha value is -1.79. The maximum atomic E-state index is 13.2. The first-order valence-corrected chi connectivity index (χ1v) is 25.7. The molecule has 2 rings (SSSR count). The Labute approximate surface area is 391 Å². The Bertz CT molecular complexity index is 1230. The lowest BCUT2D eigenvalue weighted by molar-refractivity contribution is -0.359. The van der Waals surface area contributed by atoms with E-state index >= 15 is 0 Å². The first-order chi connectivity index (χ1) is 31.6. The minimum Gasteiger partial charge on any atom is -0.394 e. The van der Waals surface area contributed by atoms with Gasteiger partial charge in [0.25, 0.3) is 0 Å². The standard InChI is InChI=1S/C51H93NO13/c1-3-5-7-9-11-13-15-17-19-20-21-23-25-27-29-31-33-35-43(56)52-39(40(55)34-32-30-28-26-24-22-18-16-14-12-10-8-6-4-2)38-62-50-48(61)46(59)49(42(37-54)64-50)65-51-47(60)45(58)44(57)41(36-53)63-51/h14,16,24,26,32,34,39-42,44-51,53-55,57-61H,3-13,15,17-23,25,27-31,33,35-38H2,1-2H3,(H,52,56)/b16-14+,26-24+,34-32+. The van der Waals surface area contributed by atoms with Crippen molar-refractivity contribution in [3.8, 4) is 0 Å². The summed E-state index contributed by atoms with van der Waals surface area (Å²) in [6, 6.07) is -0.933. The van der Waals surface area contributed by atoms with E-state index in [4.69, 9.17) is 18.9 Å². The predicted molar refractivity (Wildman–Crippen MR) is 254 cm³/mol. The number of hydrogen-bond acceptors (Lipinski definition) is 13. The van der Waals surface area contributed by atoms with E-state index < -0.39 is 86.8 Å². The fourth-order valence-corrected chi connectivity index (χ4v) is 8.32. The highest BCUT2D eigenvalue weighted by Gasteiger charge is 2.51. The second-order valence-corrected chi connectivity index (χ2v) is 18.3. The van der Waals surface area contributed by atoms with Crippen molar-refractivity contribution >= 4 is 5.91 Å². The van der Waals surface area contributed by atoms with Crippen LogP contribution in [0, 0.1) is 0 Å². The van der Waals surface area contributed by atoms with E-state index in [1.165, 1.54) is 109 Å². The summed E-state index contributed by atoms with van der Waals surface area (Å²) in [4.78, 5) is 13.2. The summed E-state index contributed by atoms with van der Waals surface area (Å²) in [5.74, 6) is -0.253. The molecule has 12 unspecified atom stereocenters. The van der Waals surface area contributed by atoms with Gasteiger partial charge in [0.05, 0.1) is 32.0 Å². The van der Waals surface area contributed by atoms with E-state index in [-0.39, 0.29) is 18.9 Å². The van der Waals surface area contributed by atoms with Gasteiger partial charge in [-0.15, -0.1) is 0 Å². The van der Waals surface area contributed by atoms with Crippen LogP contribution in [0.3, 0.4) is 0 Å². The number of rotatable bonds is 39. The van der Waals surface area contributed by atoms with Gasteiger partial charge in [-0.1, -0.05) is 172 Å². The zero-order chi connectivity index (χ0) is 47.5. The summed E-state index contributed by atoms with van der Waals surface area (Å²) in [6.07, 6.45) is 26.1. The number of carbonyl (C=O) groups is 1. The molecule has 2 aliphatic rings. The Balaban J connectivity index is 1.86. The molecule has 2 fully saturated rings. The maximum Gasteiger partial charge on any atom is 0.220 e.